The van der Waals surface area contributed by atoms with Gasteiger partial charge in [0.25, 0.3) is 0 Å². The zero-order chi connectivity index (χ0) is 15.6. The molecular weight excluding hydrogens is 270 g/mol. The zero-order valence-corrected chi connectivity index (χ0v) is 13.5. The number of carbonyl (C=O) groups is 2. The molecule has 4 unspecified atom stereocenters. The number of carbonyl (C=O) groups excluding carboxylic acids is 2. The van der Waals surface area contributed by atoms with E-state index in [1.807, 2.05) is 0 Å². The first-order valence-electron chi connectivity index (χ1n) is 8.07. The minimum absolute atomic E-state index is 0.0234. The second-order valence-electron chi connectivity index (χ2n) is 6.67. The summed E-state index contributed by atoms with van der Waals surface area (Å²) in [4.78, 5) is 25.2. The Morgan fingerprint density at radius 1 is 1.29 bits per heavy atom. The van der Waals surface area contributed by atoms with Gasteiger partial charge in [-0.1, -0.05) is 27.2 Å². The minimum atomic E-state index is -0.434. The van der Waals surface area contributed by atoms with Crippen LogP contribution < -0.4 is 0 Å². The van der Waals surface area contributed by atoms with E-state index < -0.39 is 6.04 Å². The van der Waals surface area contributed by atoms with Crippen molar-refractivity contribution in [1.29, 1.82) is 0 Å². The number of ether oxygens (including phenoxy) is 2. The van der Waals surface area contributed by atoms with Gasteiger partial charge in [0.2, 0.25) is 0 Å². The van der Waals surface area contributed by atoms with Gasteiger partial charge in [-0.05, 0) is 37.5 Å². The normalized spacial score (nSPS) is 32.0. The molecule has 2 rings (SSSR count). The second kappa shape index (κ2) is 6.67. The highest BCUT2D eigenvalue weighted by Crippen LogP contribution is 2.36. The van der Waals surface area contributed by atoms with Gasteiger partial charge in [-0.25, -0.2) is 9.59 Å². The number of nitrogens with zero attached hydrogens (tertiary/aromatic N) is 1. The van der Waals surface area contributed by atoms with Crippen LogP contribution in [-0.4, -0.2) is 42.3 Å². The lowest BCUT2D eigenvalue weighted by molar-refractivity contribution is -0.143. The van der Waals surface area contributed by atoms with Gasteiger partial charge in [-0.15, -0.1) is 0 Å². The Morgan fingerprint density at radius 2 is 2.00 bits per heavy atom. The fraction of sp³-hybridized carbons (Fsp3) is 0.875. The molecule has 1 saturated carbocycles. The summed E-state index contributed by atoms with van der Waals surface area (Å²) in [6.07, 6.45) is 2.85. The van der Waals surface area contributed by atoms with Crippen molar-refractivity contribution in [3.8, 4) is 0 Å². The van der Waals surface area contributed by atoms with E-state index in [1.54, 1.807) is 6.92 Å². The Morgan fingerprint density at radius 3 is 2.62 bits per heavy atom. The van der Waals surface area contributed by atoms with Crippen LogP contribution in [0.5, 0.6) is 0 Å². The Hall–Kier alpha value is -1.26. The second-order valence-corrected chi connectivity index (χ2v) is 6.67. The summed E-state index contributed by atoms with van der Waals surface area (Å²) in [6.45, 7) is 9.09. The van der Waals surface area contributed by atoms with E-state index >= 15 is 0 Å². The molecule has 0 radical (unpaired) electrons. The summed E-state index contributed by atoms with van der Waals surface area (Å²) in [5.74, 6) is 1.19. The van der Waals surface area contributed by atoms with Gasteiger partial charge in [-0.3, -0.25) is 4.90 Å². The third-order valence-electron chi connectivity index (χ3n) is 4.62. The third kappa shape index (κ3) is 3.89. The molecule has 1 heterocycles. The van der Waals surface area contributed by atoms with E-state index in [-0.39, 0.29) is 18.2 Å². The molecule has 0 bridgehead atoms. The van der Waals surface area contributed by atoms with Gasteiger partial charge >= 0.3 is 12.1 Å². The third-order valence-corrected chi connectivity index (χ3v) is 4.62. The molecule has 0 N–H and O–H groups in total. The Kier molecular flexibility index (Phi) is 5.12. The summed E-state index contributed by atoms with van der Waals surface area (Å²) in [7, 11) is 0. The standard InChI is InChI=1S/C16H27NO4/c1-5-20-15(18)13-9-17(13)16(19)21-14-8-11(4)6-7-12(14)10(2)3/h10-14H,5-9H2,1-4H3. The molecule has 0 spiro atoms. The molecule has 4 atom stereocenters. The van der Waals surface area contributed by atoms with Gasteiger partial charge < -0.3 is 9.47 Å². The minimum Gasteiger partial charge on any atom is -0.464 e. The number of hydrogen-bond acceptors (Lipinski definition) is 4. The van der Waals surface area contributed by atoms with E-state index in [0.29, 0.717) is 30.9 Å². The maximum Gasteiger partial charge on any atom is 0.410 e. The molecule has 0 aromatic carbocycles. The van der Waals surface area contributed by atoms with Crippen LogP contribution >= 0.6 is 0 Å². The van der Waals surface area contributed by atoms with Crippen LogP contribution in [-0.2, 0) is 14.3 Å². The van der Waals surface area contributed by atoms with Crippen molar-refractivity contribution < 1.29 is 19.1 Å². The number of esters is 1. The largest absolute Gasteiger partial charge is 0.464 e. The van der Waals surface area contributed by atoms with Gasteiger partial charge in [-0.2, -0.15) is 0 Å². The van der Waals surface area contributed by atoms with Crippen molar-refractivity contribution in [3.05, 3.63) is 0 Å². The molecule has 120 valence electrons. The Bertz CT molecular complexity index is 396. The lowest BCUT2D eigenvalue weighted by Crippen LogP contribution is -2.37. The molecule has 2 fully saturated rings. The molecule has 2 aliphatic rings. The summed E-state index contributed by atoms with van der Waals surface area (Å²) in [5.41, 5.74) is 0. The zero-order valence-electron chi connectivity index (χ0n) is 13.5. The molecule has 0 aromatic rings. The lowest BCUT2D eigenvalue weighted by atomic mass is 9.75. The molecule has 1 aliphatic heterocycles. The van der Waals surface area contributed by atoms with Crippen LogP contribution in [0, 0.1) is 17.8 Å². The highest BCUT2D eigenvalue weighted by molar-refractivity contribution is 5.86. The molecule has 5 nitrogen and oxygen atoms in total. The lowest BCUT2D eigenvalue weighted by Gasteiger charge is -2.36. The maximum atomic E-state index is 12.2. The average Bonchev–Trinajstić information content (AvgIpc) is 3.19. The van der Waals surface area contributed by atoms with Crippen LogP contribution in [0.1, 0.15) is 47.0 Å². The maximum absolute atomic E-state index is 12.2. The topological polar surface area (TPSA) is 55.6 Å². The summed E-state index contributed by atoms with van der Waals surface area (Å²) in [6, 6.07) is -0.434. The predicted octanol–water partition coefficient (Wildman–Crippen LogP) is 2.83. The van der Waals surface area contributed by atoms with E-state index in [9.17, 15) is 9.59 Å². The first-order chi connectivity index (χ1) is 9.93. The van der Waals surface area contributed by atoms with Crippen molar-refractivity contribution >= 4 is 12.1 Å². The molecule has 0 aromatic heterocycles. The molecule has 1 amide bonds. The highest BCUT2D eigenvalue weighted by Gasteiger charge is 2.47. The fourth-order valence-corrected chi connectivity index (χ4v) is 3.23. The average molecular weight is 297 g/mol. The fourth-order valence-electron chi connectivity index (χ4n) is 3.23. The summed E-state index contributed by atoms with van der Waals surface area (Å²) < 4.78 is 10.6. The summed E-state index contributed by atoms with van der Waals surface area (Å²) >= 11 is 0. The first-order valence-corrected chi connectivity index (χ1v) is 8.07. The Balaban J connectivity index is 1.88. The van der Waals surface area contributed by atoms with E-state index in [4.69, 9.17) is 9.47 Å². The quantitative estimate of drug-likeness (QED) is 0.591. The SMILES string of the molecule is CCOC(=O)C1CN1C(=O)OC1CC(C)CCC1C(C)C. The van der Waals surface area contributed by atoms with Crippen molar-refractivity contribution in [3.63, 3.8) is 0 Å². The number of hydrogen-bond donors (Lipinski definition) is 0. The molecule has 1 aliphatic carbocycles. The van der Waals surface area contributed by atoms with Crippen LogP contribution in [0.4, 0.5) is 4.79 Å². The number of amides is 1. The van der Waals surface area contributed by atoms with Crippen molar-refractivity contribution in [2.45, 2.75) is 59.1 Å². The predicted molar refractivity (Wildman–Crippen MR) is 78.7 cm³/mol. The molecule has 1 saturated heterocycles. The van der Waals surface area contributed by atoms with E-state index in [1.165, 1.54) is 11.3 Å². The van der Waals surface area contributed by atoms with Gasteiger partial charge in [0, 0.05) is 0 Å². The molecule has 21 heavy (non-hydrogen) atoms. The first kappa shape index (κ1) is 16.1. The van der Waals surface area contributed by atoms with Crippen LogP contribution in [0.15, 0.2) is 0 Å². The van der Waals surface area contributed by atoms with E-state index in [0.717, 1.165) is 12.8 Å². The van der Waals surface area contributed by atoms with Gasteiger partial charge in [0.15, 0.2) is 6.04 Å². The molecular formula is C16H27NO4. The smallest absolute Gasteiger partial charge is 0.410 e. The van der Waals surface area contributed by atoms with E-state index in [2.05, 4.69) is 20.8 Å². The number of rotatable bonds is 4. The van der Waals surface area contributed by atoms with Gasteiger partial charge in [0.05, 0.1) is 13.2 Å². The monoisotopic (exact) mass is 297 g/mol. The Labute approximate surface area is 127 Å². The summed E-state index contributed by atoms with van der Waals surface area (Å²) in [5, 5.41) is 0. The van der Waals surface area contributed by atoms with Crippen LogP contribution in [0.2, 0.25) is 0 Å². The highest BCUT2D eigenvalue weighted by atomic mass is 16.6. The van der Waals surface area contributed by atoms with Gasteiger partial charge in [0.1, 0.15) is 6.10 Å². The van der Waals surface area contributed by atoms with Crippen molar-refractivity contribution in [1.82, 2.24) is 4.90 Å². The van der Waals surface area contributed by atoms with Crippen molar-refractivity contribution in [2.24, 2.45) is 17.8 Å². The van der Waals surface area contributed by atoms with Crippen LogP contribution in [0.3, 0.4) is 0 Å². The van der Waals surface area contributed by atoms with Crippen molar-refractivity contribution in [2.75, 3.05) is 13.2 Å². The van der Waals surface area contributed by atoms with Crippen LogP contribution in [0.25, 0.3) is 0 Å². The molecule has 5 heteroatoms.